The molecule has 0 aliphatic heterocycles. The third-order valence-electron chi connectivity index (χ3n) is 2.44. The van der Waals surface area contributed by atoms with Crippen molar-refractivity contribution in [3.05, 3.63) is 42.9 Å². The summed E-state index contributed by atoms with van der Waals surface area (Å²) in [5.74, 6) is 0. The maximum Gasteiger partial charge on any atom is 0.267 e. The average Bonchev–Trinajstić information content (AvgIpc) is 2.51. The van der Waals surface area contributed by atoms with Crippen molar-refractivity contribution in [2.75, 3.05) is 0 Å². The van der Waals surface area contributed by atoms with E-state index in [2.05, 4.69) is 10.1 Å². The fraction of sp³-hybridized carbons (Fsp3) is 0.300. The Balaban J connectivity index is 2.45. The standard InChI is InChI=1S/C10H10ClIN4O/c1-6-9(11)8(15(2)14-6)4-16-5-13-3-7(12)10(16)17/h3,5H,4H2,1-2H3. The van der Waals surface area contributed by atoms with E-state index in [1.807, 2.05) is 29.5 Å². The topological polar surface area (TPSA) is 52.7 Å². The third-order valence-corrected chi connectivity index (χ3v) is 3.67. The van der Waals surface area contributed by atoms with Gasteiger partial charge in [0.15, 0.2) is 0 Å². The maximum atomic E-state index is 11.8. The summed E-state index contributed by atoms with van der Waals surface area (Å²) in [4.78, 5) is 15.8. The first kappa shape index (κ1) is 12.6. The molecule has 2 rings (SSSR count). The summed E-state index contributed by atoms with van der Waals surface area (Å²) in [6.07, 6.45) is 3.04. The van der Waals surface area contributed by atoms with Crippen LogP contribution < -0.4 is 5.56 Å². The van der Waals surface area contributed by atoms with E-state index in [4.69, 9.17) is 11.6 Å². The summed E-state index contributed by atoms with van der Waals surface area (Å²) in [7, 11) is 1.81. The summed E-state index contributed by atoms with van der Waals surface area (Å²) in [5, 5.41) is 4.80. The van der Waals surface area contributed by atoms with E-state index in [1.54, 1.807) is 11.7 Å². The summed E-state index contributed by atoms with van der Waals surface area (Å²) in [6, 6.07) is 0. The molecule has 2 heterocycles. The maximum absolute atomic E-state index is 11.8. The predicted octanol–water partition coefficient (Wildman–Crippen LogP) is 1.59. The Bertz CT molecular complexity index is 619. The van der Waals surface area contributed by atoms with Crippen LogP contribution in [0.15, 0.2) is 17.3 Å². The molecule has 0 aliphatic rings. The van der Waals surface area contributed by atoms with Gasteiger partial charge in [0.25, 0.3) is 5.56 Å². The normalized spacial score (nSPS) is 10.8. The third kappa shape index (κ3) is 2.37. The molecule has 17 heavy (non-hydrogen) atoms. The molecular formula is C10H10ClIN4O. The molecule has 0 spiro atoms. The van der Waals surface area contributed by atoms with E-state index in [9.17, 15) is 4.79 Å². The van der Waals surface area contributed by atoms with Crippen LogP contribution in [0.1, 0.15) is 11.4 Å². The first-order chi connectivity index (χ1) is 8.00. The summed E-state index contributed by atoms with van der Waals surface area (Å²) >= 11 is 8.10. The largest absolute Gasteiger partial charge is 0.292 e. The first-order valence-corrected chi connectivity index (χ1v) is 6.34. The zero-order valence-electron chi connectivity index (χ0n) is 9.31. The van der Waals surface area contributed by atoms with Crippen molar-refractivity contribution in [3.63, 3.8) is 0 Å². The Hall–Kier alpha value is -0.890. The Labute approximate surface area is 117 Å². The van der Waals surface area contributed by atoms with Gasteiger partial charge < -0.3 is 0 Å². The molecule has 2 aromatic heterocycles. The van der Waals surface area contributed by atoms with Crippen LogP contribution in [0.2, 0.25) is 5.02 Å². The number of rotatable bonds is 2. The van der Waals surface area contributed by atoms with Gasteiger partial charge >= 0.3 is 0 Å². The molecule has 0 unspecified atom stereocenters. The Morgan fingerprint density at radius 2 is 2.24 bits per heavy atom. The van der Waals surface area contributed by atoms with Crippen molar-refractivity contribution in [2.24, 2.45) is 7.05 Å². The van der Waals surface area contributed by atoms with Gasteiger partial charge in [0.2, 0.25) is 0 Å². The lowest BCUT2D eigenvalue weighted by molar-refractivity contribution is 0.641. The molecule has 2 aromatic rings. The number of hydrogen-bond acceptors (Lipinski definition) is 3. The Morgan fingerprint density at radius 3 is 2.82 bits per heavy atom. The molecule has 0 saturated carbocycles. The molecule has 5 nitrogen and oxygen atoms in total. The van der Waals surface area contributed by atoms with Gasteiger partial charge in [-0.2, -0.15) is 5.10 Å². The minimum absolute atomic E-state index is 0.0736. The molecule has 90 valence electrons. The second-order valence-electron chi connectivity index (χ2n) is 3.64. The number of halogens is 2. The van der Waals surface area contributed by atoms with Gasteiger partial charge in [0.05, 0.1) is 32.9 Å². The van der Waals surface area contributed by atoms with E-state index in [-0.39, 0.29) is 5.56 Å². The van der Waals surface area contributed by atoms with Crippen molar-refractivity contribution >= 4 is 34.2 Å². The van der Waals surface area contributed by atoms with Gasteiger partial charge in [-0.05, 0) is 29.5 Å². The zero-order chi connectivity index (χ0) is 12.6. The van der Waals surface area contributed by atoms with Crippen LogP contribution in [0, 0.1) is 10.5 Å². The molecule has 0 fully saturated rings. The lowest BCUT2D eigenvalue weighted by Crippen LogP contribution is -2.24. The minimum atomic E-state index is -0.0736. The molecule has 0 atom stereocenters. The number of aromatic nitrogens is 4. The Morgan fingerprint density at radius 1 is 1.53 bits per heavy atom. The van der Waals surface area contributed by atoms with Crippen molar-refractivity contribution in [1.29, 1.82) is 0 Å². The van der Waals surface area contributed by atoms with Crippen molar-refractivity contribution in [2.45, 2.75) is 13.5 Å². The van der Waals surface area contributed by atoms with Crippen LogP contribution in [0.5, 0.6) is 0 Å². The zero-order valence-corrected chi connectivity index (χ0v) is 12.2. The number of hydrogen-bond donors (Lipinski definition) is 0. The first-order valence-electron chi connectivity index (χ1n) is 4.88. The quantitative estimate of drug-likeness (QED) is 0.761. The van der Waals surface area contributed by atoms with Gasteiger partial charge in [-0.1, -0.05) is 11.6 Å². The number of nitrogens with zero attached hydrogens (tertiary/aromatic N) is 4. The van der Waals surface area contributed by atoms with Crippen LogP contribution >= 0.6 is 34.2 Å². The molecule has 0 aromatic carbocycles. The summed E-state index contributed by atoms with van der Waals surface area (Å²) < 4.78 is 3.79. The van der Waals surface area contributed by atoms with Crippen molar-refractivity contribution in [3.8, 4) is 0 Å². The fourth-order valence-electron chi connectivity index (χ4n) is 1.55. The van der Waals surface area contributed by atoms with Crippen LogP contribution in [-0.2, 0) is 13.6 Å². The van der Waals surface area contributed by atoms with Gasteiger partial charge in [-0.25, -0.2) is 4.98 Å². The fourth-order valence-corrected chi connectivity index (χ4v) is 2.24. The second-order valence-corrected chi connectivity index (χ2v) is 5.18. The SMILES string of the molecule is Cc1nn(C)c(Cn2cncc(I)c2=O)c1Cl. The monoisotopic (exact) mass is 364 g/mol. The van der Waals surface area contributed by atoms with E-state index < -0.39 is 0 Å². The Kier molecular flexibility index (Phi) is 3.53. The molecule has 0 saturated heterocycles. The van der Waals surface area contributed by atoms with Gasteiger partial charge in [0, 0.05) is 13.2 Å². The molecular weight excluding hydrogens is 354 g/mol. The highest BCUT2D eigenvalue weighted by Crippen LogP contribution is 2.19. The smallest absolute Gasteiger partial charge is 0.267 e. The van der Waals surface area contributed by atoms with Gasteiger partial charge in [-0.3, -0.25) is 14.0 Å². The highest BCUT2D eigenvalue weighted by Gasteiger charge is 2.12. The van der Waals surface area contributed by atoms with Crippen LogP contribution in [0.3, 0.4) is 0 Å². The highest BCUT2D eigenvalue weighted by atomic mass is 127. The average molecular weight is 365 g/mol. The van der Waals surface area contributed by atoms with E-state index >= 15 is 0 Å². The molecule has 0 aliphatic carbocycles. The van der Waals surface area contributed by atoms with E-state index in [1.165, 1.54) is 17.1 Å². The van der Waals surface area contributed by atoms with E-state index in [0.29, 0.717) is 15.1 Å². The molecule has 0 N–H and O–H groups in total. The van der Waals surface area contributed by atoms with Gasteiger partial charge in [-0.15, -0.1) is 0 Å². The lowest BCUT2D eigenvalue weighted by atomic mass is 10.3. The summed E-state index contributed by atoms with van der Waals surface area (Å²) in [6.45, 7) is 2.21. The van der Waals surface area contributed by atoms with E-state index in [0.717, 1.165) is 11.4 Å². The van der Waals surface area contributed by atoms with Crippen molar-refractivity contribution in [1.82, 2.24) is 19.3 Å². The molecule has 0 bridgehead atoms. The molecule has 7 heteroatoms. The van der Waals surface area contributed by atoms with Crippen LogP contribution in [-0.4, -0.2) is 19.3 Å². The van der Waals surface area contributed by atoms with Crippen LogP contribution in [0.4, 0.5) is 0 Å². The highest BCUT2D eigenvalue weighted by molar-refractivity contribution is 14.1. The second kappa shape index (κ2) is 4.77. The number of aryl methyl sites for hydroxylation is 2. The van der Waals surface area contributed by atoms with Gasteiger partial charge in [0.1, 0.15) is 0 Å². The van der Waals surface area contributed by atoms with Crippen molar-refractivity contribution < 1.29 is 0 Å². The summed E-state index contributed by atoms with van der Waals surface area (Å²) in [5.41, 5.74) is 1.49. The molecule has 0 amide bonds. The van der Waals surface area contributed by atoms with Crippen LogP contribution in [0.25, 0.3) is 0 Å². The molecule has 0 radical (unpaired) electrons. The minimum Gasteiger partial charge on any atom is -0.292 e. The predicted molar refractivity (Wildman–Crippen MR) is 73.3 cm³/mol. The lowest BCUT2D eigenvalue weighted by Gasteiger charge is -2.06.